The predicted molar refractivity (Wildman–Crippen MR) is 183 cm³/mol. The highest BCUT2D eigenvalue weighted by Gasteiger charge is 2.38. The summed E-state index contributed by atoms with van der Waals surface area (Å²) in [5.41, 5.74) is 4.53. The number of nitrogens with zero attached hydrogens (tertiary/aromatic N) is 2. The molecule has 1 aliphatic carbocycles. The van der Waals surface area contributed by atoms with E-state index in [1.807, 2.05) is 80.6 Å². The van der Waals surface area contributed by atoms with Crippen LogP contribution in [0.1, 0.15) is 70.1 Å². The fourth-order valence-corrected chi connectivity index (χ4v) is 6.35. The van der Waals surface area contributed by atoms with Gasteiger partial charge in [-0.25, -0.2) is 24.4 Å². The van der Waals surface area contributed by atoms with Crippen LogP contribution in [0.5, 0.6) is 0 Å². The van der Waals surface area contributed by atoms with Gasteiger partial charge in [-0.15, -0.1) is 0 Å². The van der Waals surface area contributed by atoms with E-state index in [9.17, 15) is 19.2 Å². The lowest BCUT2D eigenvalue weighted by molar-refractivity contribution is -0.157. The van der Waals surface area contributed by atoms with Crippen molar-refractivity contribution >= 4 is 24.0 Å². The highest BCUT2D eigenvalue weighted by molar-refractivity contribution is 5.89. The molecule has 2 unspecified atom stereocenters. The number of carbonyl (C=O) groups excluding carboxylic acids is 4. The summed E-state index contributed by atoms with van der Waals surface area (Å²) in [6, 6.07) is 23.1. The molecule has 5 rings (SSSR count). The monoisotopic (exact) mass is 654 g/mol. The van der Waals surface area contributed by atoms with E-state index in [1.165, 1.54) is 10.0 Å². The lowest BCUT2D eigenvalue weighted by Crippen LogP contribution is -2.58. The normalized spacial score (nSPS) is 15.4. The van der Waals surface area contributed by atoms with E-state index in [-0.39, 0.29) is 38.0 Å². The Kier molecular flexibility index (Phi) is 10.7. The highest BCUT2D eigenvalue weighted by Crippen LogP contribution is 2.44. The average molecular weight is 655 g/mol. The van der Waals surface area contributed by atoms with Crippen LogP contribution in [0.4, 0.5) is 9.59 Å². The SMILES string of the molecule is CC(C)CC(NC(=O)N1CCCN1C(=O)C(Cc1ccccc1)NC(=O)OCC1c2ccccc2-c2ccccc21)C(=O)OC(C)(C)C. The third-order valence-electron chi connectivity index (χ3n) is 8.43. The Labute approximate surface area is 282 Å². The van der Waals surface area contributed by atoms with Gasteiger partial charge >= 0.3 is 18.1 Å². The number of benzene rings is 3. The second-order valence-electron chi connectivity index (χ2n) is 13.8. The molecule has 0 aromatic heterocycles. The number of esters is 1. The summed E-state index contributed by atoms with van der Waals surface area (Å²) in [4.78, 5) is 54.0. The van der Waals surface area contributed by atoms with Crippen molar-refractivity contribution < 1.29 is 28.7 Å². The summed E-state index contributed by atoms with van der Waals surface area (Å²) in [5.74, 6) is -0.998. The average Bonchev–Trinajstić information content (AvgIpc) is 3.66. The fraction of sp³-hybridized carbons (Fsp3) is 0.421. The van der Waals surface area contributed by atoms with Crippen LogP contribution >= 0.6 is 0 Å². The molecule has 1 aliphatic heterocycles. The minimum atomic E-state index is -1.01. The molecule has 3 aromatic carbocycles. The maximum atomic E-state index is 14.1. The van der Waals surface area contributed by atoms with Crippen molar-refractivity contribution in [3.8, 4) is 11.1 Å². The Morgan fingerprint density at radius 1 is 0.792 bits per heavy atom. The van der Waals surface area contributed by atoms with Gasteiger partial charge in [-0.1, -0.05) is 92.7 Å². The van der Waals surface area contributed by atoms with E-state index in [0.29, 0.717) is 12.8 Å². The summed E-state index contributed by atoms with van der Waals surface area (Å²) < 4.78 is 11.4. The van der Waals surface area contributed by atoms with E-state index >= 15 is 0 Å². The van der Waals surface area contributed by atoms with Gasteiger partial charge in [-0.2, -0.15) is 0 Å². The standard InChI is InChI=1S/C38H46N4O6/c1-25(2)22-33(35(44)48-38(3,4)5)39-36(45)42-21-13-20-41(42)34(43)32(23-26-14-7-6-8-15-26)40-37(46)47-24-31-29-18-11-9-16-27(29)28-17-10-12-19-30(28)31/h6-12,14-19,25,31-33H,13,20-24H2,1-5H3,(H,39,45)(H,40,46). The summed E-state index contributed by atoms with van der Waals surface area (Å²) in [5, 5.41) is 8.27. The van der Waals surface area contributed by atoms with Gasteiger partial charge in [0.25, 0.3) is 5.91 Å². The number of amides is 4. The van der Waals surface area contributed by atoms with Gasteiger partial charge in [0, 0.05) is 25.4 Å². The lowest BCUT2D eigenvalue weighted by atomic mass is 9.98. The zero-order chi connectivity index (χ0) is 34.4. The van der Waals surface area contributed by atoms with Crippen LogP contribution in [0, 0.1) is 5.92 Å². The van der Waals surface area contributed by atoms with Crippen LogP contribution in [-0.4, -0.2) is 71.4 Å². The van der Waals surface area contributed by atoms with Crippen molar-refractivity contribution in [1.82, 2.24) is 20.7 Å². The molecule has 48 heavy (non-hydrogen) atoms. The van der Waals surface area contributed by atoms with Gasteiger partial charge in [-0.05, 0) is 67.3 Å². The highest BCUT2D eigenvalue weighted by atomic mass is 16.6. The minimum absolute atomic E-state index is 0.103. The molecule has 0 radical (unpaired) electrons. The molecule has 1 saturated heterocycles. The maximum absolute atomic E-state index is 14.1. The van der Waals surface area contributed by atoms with Crippen LogP contribution in [0.3, 0.4) is 0 Å². The molecule has 2 atom stereocenters. The van der Waals surface area contributed by atoms with Crippen LogP contribution < -0.4 is 10.6 Å². The van der Waals surface area contributed by atoms with Crippen molar-refractivity contribution in [2.24, 2.45) is 5.92 Å². The Morgan fingerprint density at radius 3 is 1.98 bits per heavy atom. The maximum Gasteiger partial charge on any atom is 0.407 e. The van der Waals surface area contributed by atoms with Crippen molar-refractivity contribution in [3.63, 3.8) is 0 Å². The first-order chi connectivity index (χ1) is 22.9. The molecule has 2 aliphatic rings. The van der Waals surface area contributed by atoms with Crippen molar-refractivity contribution in [2.75, 3.05) is 19.7 Å². The Balaban J connectivity index is 1.29. The number of urea groups is 1. The number of hydrogen-bond acceptors (Lipinski definition) is 6. The van der Waals surface area contributed by atoms with Crippen molar-refractivity contribution in [2.45, 2.75) is 77.5 Å². The van der Waals surface area contributed by atoms with Crippen molar-refractivity contribution in [1.29, 1.82) is 0 Å². The number of carbonyl (C=O) groups is 4. The predicted octanol–water partition coefficient (Wildman–Crippen LogP) is 6.05. The molecule has 10 heteroatoms. The van der Waals surface area contributed by atoms with Gasteiger partial charge in [0.1, 0.15) is 24.3 Å². The molecule has 4 amide bonds. The number of rotatable bonds is 10. The molecule has 0 spiro atoms. The molecule has 2 N–H and O–H groups in total. The molecule has 254 valence electrons. The molecular formula is C38H46N4O6. The topological polar surface area (TPSA) is 117 Å². The first-order valence-electron chi connectivity index (χ1n) is 16.7. The second-order valence-corrected chi connectivity index (χ2v) is 13.8. The summed E-state index contributed by atoms with van der Waals surface area (Å²) >= 11 is 0. The smallest absolute Gasteiger partial charge is 0.407 e. The Morgan fingerprint density at radius 2 is 1.38 bits per heavy atom. The fourth-order valence-electron chi connectivity index (χ4n) is 6.35. The number of fused-ring (bicyclic) bond motifs is 3. The van der Waals surface area contributed by atoms with Crippen LogP contribution in [0.15, 0.2) is 78.9 Å². The number of nitrogens with one attached hydrogen (secondary N) is 2. The van der Waals surface area contributed by atoms with Crippen molar-refractivity contribution in [3.05, 3.63) is 95.6 Å². The molecule has 10 nitrogen and oxygen atoms in total. The second kappa shape index (κ2) is 14.9. The van der Waals surface area contributed by atoms with Crippen LogP contribution in [0.2, 0.25) is 0 Å². The van der Waals surface area contributed by atoms with Gasteiger partial charge in [0.05, 0.1) is 0 Å². The Bertz CT molecular complexity index is 1570. The third-order valence-corrected chi connectivity index (χ3v) is 8.43. The zero-order valence-corrected chi connectivity index (χ0v) is 28.4. The zero-order valence-electron chi connectivity index (χ0n) is 28.4. The summed E-state index contributed by atoms with van der Waals surface area (Å²) in [6.45, 7) is 9.90. The molecule has 1 fully saturated rings. The molecule has 3 aromatic rings. The van der Waals surface area contributed by atoms with E-state index in [2.05, 4.69) is 22.8 Å². The molecule has 0 saturated carbocycles. The third kappa shape index (κ3) is 8.34. The number of ether oxygens (including phenoxy) is 2. The number of alkyl carbamates (subject to hydrolysis) is 1. The minimum Gasteiger partial charge on any atom is -0.458 e. The van der Waals surface area contributed by atoms with E-state index in [4.69, 9.17) is 9.47 Å². The largest absolute Gasteiger partial charge is 0.458 e. The van der Waals surface area contributed by atoms with Crippen LogP contribution in [0.25, 0.3) is 11.1 Å². The van der Waals surface area contributed by atoms with Gasteiger partial charge in [0.15, 0.2) is 0 Å². The van der Waals surface area contributed by atoms with E-state index in [0.717, 1.165) is 27.8 Å². The molecule has 1 heterocycles. The number of hydrogen-bond donors (Lipinski definition) is 2. The molecular weight excluding hydrogens is 608 g/mol. The van der Waals surface area contributed by atoms with Gasteiger partial charge in [-0.3, -0.25) is 4.79 Å². The Hall–Kier alpha value is -4.86. The van der Waals surface area contributed by atoms with Gasteiger partial charge in [0.2, 0.25) is 0 Å². The van der Waals surface area contributed by atoms with E-state index in [1.54, 1.807) is 20.8 Å². The summed E-state index contributed by atoms with van der Waals surface area (Å²) in [6.07, 6.45) is 0.401. The number of hydrazine groups is 1. The van der Waals surface area contributed by atoms with Gasteiger partial charge < -0.3 is 20.1 Å². The lowest BCUT2D eigenvalue weighted by Gasteiger charge is -2.33. The van der Waals surface area contributed by atoms with Crippen LogP contribution in [-0.2, 0) is 25.5 Å². The first kappa shape index (κ1) is 34.5. The molecule has 0 bridgehead atoms. The quantitative estimate of drug-likeness (QED) is 0.257. The van der Waals surface area contributed by atoms with E-state index < -0.39 is 41.7 Å². The summed E-state index contributed by atoms with van der Waals surface area (Å²) in [7, 11) is 0. The first-order valence-corrected chi connectivity index (χ1v) is 16.7.